The number of hydrogen-bond donors (Lipinski definition) is 2. The predicted molar refractivity (Wildman–Crippen MR) is 120 cm³/mol. The molecule has 0 saturated carbocycles. The minimum absolute atomic E-state index is 0.114. The van der Waals surface area contributed by atoms with Gasteiger partial charge >= 0.3 is 0 Å². The van der Waals surface area contributed by atoms with Gasteiger partial charge in [0.25, 0.3) is 0 Å². The molecule has 0 aliphatic rings. The molecule has 29 heavy (non-hydrogen) atoms. The SMILES string of the molecule is CC(Sc1nnc(C(C)(C)C)n1N)C(=O)Nc1ccccc1Sc1ccccc1. The summed E-state index contributed by atoms with van der Waals surface area (Å²) in [5.74, 6) is 6.70. The minimum Gasteiger partial charge on any atom is -0.336 e. The first-order valence-corrected chi connectivity index (χ1v) is 11.0. The molecule has 152 valence electrons. The smallest absolute Gasteiger partial charge is 0.237 e. The quantitative estimate of drug-likeness (QED) is 0.443. The lowest BCUT2D eigenvalue weighted by Gasteiger charge is -2.17. The number of thioether (sulfide) groups is 1. The first kappa shape index (κ1) is 21.3. The molecule has 1 atom stereocenters. The van der Waals surface area contributed by atoms with Gasteiger partial charge in [0.2, 0.25) is 11.1 Å². The Balaban J connectivity index is 1.70. The van der Waals surface area contributed by atoms with E-state index in [2.05, 4.69) is 15.5 Å². The maximum Gasteiger partial charge on any atom is 0.237 e. The van der Waals surface area contributed by atoms with Gasteiger partial charge in [-0.25, -0.2) is 4.68 Å². The third-order valence-corrected chi connectivity index (χ3v) is 6.24. The summed E-state index contributed by atoms with van der Waals surface area (Å²) in [6.45, 7) is 7.89. The van der Waals surface area contributed by atoms with Crippen LogP contribution < -0.4 is 11.2 Å². The standard InChI is InChI=1S/C21H25N5OS2/c1-14(28-20-25-24-19(26(20)22)21(2,3)4)18(27)23-16-12-8-9-13-17(16)29-15-10-6-5-7-11-15/h5-14H,22H2,1-4H3,(H,23,27). The molecule has 0 aliphatic heterocycles. The molecular formula is C21H25N5OS2. The topological polar surface area (TPSA) is 85.8 Å². The van der Waals surface area contributed by atoms with Gasteiger partial charge in [0, 0.05) is 15.2 Å². The van der Waals surface area contributed by atoms with E-state index in [-0.39, 0.29) is 16.6 Å². The van der Waals surface area contributed by atoms with Gasteiger partial charge in [-0.1, -0.05) is 74.6 Å². The van der Waals surface area contributed by atoms with E-state index in [9.17, 15) is 4.79 Å². The van der Waals surface area contributed by atoms with Gasteiger partial charge in [0.15, 0.2) is 5.82 Å². The van der Waals surface area contributed by atoms with E-state index in [0.29, 0.717) is 11.0 Å². The van der Waals surface area contributed by atoms with Crippen LogP contribution in [0.4, 0.5) is 5.69 Å². The number of nitrogen functional groups attached to an aromatic ring is 1. The summed E-state index contributed by atoms with van der Waals surface area (Å²) in [6, 6.07) is 17.8. The number of para-hydroxylation sites is 1. The van der Waals surface area contributed by atoms with E-state index in [1.807, 2.05) is 82.3 Å². The molecule has 1 amide bonds. The lowest BCUT2D eigenvalue weighted by molar-refractivity contribution is -0.115. The lowest BCUT2D eigenvalue weighted by atomic mass is 9.96. The number of aromatic nitrogens is 3. The second kappa shape index (κ2) is 8.92. The molecular weight excluding hydrogens is 402 g/mol. The molecule has 1 aromatic heterocycles. The molecule has 1 heterocycles. The number of nitrogens with one attached hydrogen (secondary N) is 1. The van der Waals surface area contributed by atoms with Gasteiger partial charge < -0.3 is 11.2 Å². The van der Waals surface area contributed by atoms with Crippen LogP contribution in [0.5, 0.6) is 0 Å². The van der Waals surface area contributed by atoms with Crippen LogP contribution in [0.25, 0.3) is 0 Å². The summed E-state index contributed by atoms with van der Waals surface area (Å²) >= 11 is 2.90. The number of carbonyl (C=O) groups excluding carboxylic acids is 1. The third kappa shape index (κ3) is 5.33. The molecule has 0 fully saturated rings. The monoisotopic (exact) mass is 427 g/mol. The Kier molecular flexibility index (Phi) is 6.54. The van der Waals surface area contributed by atoms with E-state index >= 15 is 0 Å². The summed E-state index contributed by atoms with van der Waals surface area (Å²) < 4.78 is 1.47. The average Bonchev–Trinajstić information content (AvgIpc) is 3.05. The van der Waals surface area contributed by atoms with Gasteiger partial charge in [0.05, 0.1) is 10.9 Å². The van der Waals surface area contributed by atoms with Gasteiger partial charge in [-0.15, -0.1) is 10.2 Å². The van der Waals surface area contributed by atoms with Crippen molar-refractivity contribution in [3.63, 3.8) is 0 Å². The molecule has 3 rings (SSSR count). The van der Waals surface area contributed by atoms with Crippen LogP contribution >= 0.6 is 23.5 Å². The highest BCUT2D eigenvalue weighted by Gasteiger charge is 2.25. The van der Waals surface area contributed by atoms with Crippen molar-refractivity contribution < 1.29 is 4.79 Å². The molecule has 1 unspecified atom stereocenters. The Morgan fingerprint density at radius 1 is 1.07 bits per heavy atom. The molecule has 0 aliphatic carbocycles. The van der Waals surface area contributed by atoms with Crippen LogP contribution in [0.1, 0.15) is 33.5 Å². The third-order valence-electron chi connectivity index (χ3n) is 4.10. The Labute approximate surface area is 179 Å². The van der Waals surface area contributed by atoms with E-state index in [1.165, 1.54) is 16.4 Å². The number of nitrogens with zero attached hydrogens (tertiary/aromatic N) is 3. The Morgan fingerprint density at radius 2 is 1.72 bits per heavy atom. The summed E-state index contributed by atoms with van der Waals surface area (Å²) in [6.07, 6.45) is 0. The van der Waals surface area contributed by atoms with Crippen molar-refractivity contribution in [2.24, 2.45) is 0 Å². The highest BCUT2D eigenvalue weighted by molar-refractivity contribution is 8.00. The number of hydrogen-bond acceptors (Lipinski definition) is 6. The van der Waals surface area contributed by atoms with Crippen molar-refractivity contribution in [3.8, 4) is 0 Å². The second-order valence-corrected chi connectivity index (χ2v) is 10.0. The maximum absolute atomic E-state index is 12.8. The largest absolute Gasteiger partial charge is 0.336 e. The van der Waals surface area contributed by atoms with Crippen LogP contribution in [-0.2, 0) is 10.2 Å². The average molecular weight is 428 g/mol. The maximum atomic E-state index is 12.8. The number of benzene rings is 2. The molecule has 6 nitrogen and oxygen atoms in total. The fourth-order valence-electron chi connectivity index (χ4n) is 2.59. The molecule has 2 aromatic carbocycles. The Hall–Kier alpha value is -2.45. The zero-order valence-electron chi connectivity index (χ0n) is 16.9. The molecule has 3 aromatic rings. The van der Waals surface area contributed by atoms with Crippen molar-refractivity contribution in [3.05, 3.63) is 60.4 Å². The Morgan fingerprint density at radius 3 is 2.38 bits per heavy atom. The van der Waals surface area contributed by atoms with Gasteiger partial charge in [0.1, 0.15) is 0 Å². The first-order chi connectivity index (χ1) is 13.8. The van der Waals surface area contributed by atoms with Crippen molar-refractivity contribution in [2.75, 3.05) is 11.2 Å². The second-order valence-electron chi connectivity index (χ2n) is 7.59. The molecule has 3 N–H and O–H groups in total. The number of amides is 1. The first-order valence-electron chi connectivity index (χ1n) is 9.26. The summed E-state index contributed by atoms with van der Waals surface area (Å²) in [5.41, 5.74) is 0.558. The van der Waals surface area contributed by atoms with Crippen molar-refractivity contribution in [1.82, 2.24) is 14.9 Å². The summed E-state index contributed by atoms with van der Waals surface area (Å²) in [7, 11) is 0. The van der Waals surface area contributed by atoms with E-state index < -0.39 is 0 Å². The van der Waals surface area contributed by atoms with Gasteiger partial charge in [-0.05, 0) is 31.2 Å². The van der Waals surface area contributed by atoms with Crippen LogP contribution in [0, 0.1) is 0 Å². The van der Waals surface area contributed by atoms with E-state index in [1.54, 1.807) is 11.8 Å². The van der Waals surface area contributed by atoms with E-state index in [4.69, 9.17) is 5.84 Å². The molecule has 0 radical (unpaired) electrons. The van der Waals surface area contributed by atoms with E-state index in [0.717, 1.165) is 15.5 Å². The summed E-state index contributed by atoms with van der Waals surface area (Å²) in [4.78, 5) is 14.9. The fourth-order valence-corrected chi connectivity index (χ4v) is 4.28. The Bertz CT molecular complexity index is 982. The predicted octanol–water partition coefficient (Wildman–Crippen LogP) is 4.56. The molecule has 0 saturated heterocycles. The number of nitrogens with two attached hydrogens (primary N) is 1. The van der Waals surface area contributed by atoms with Crippen LogP contribution in [0.15, 0.2) is 69.5 Å². The van der Waals surface area contributed by atoms with Crippen LogP contribution in [0.2, 0.25) is 0 Å². The normalized spacial score (nSPS) is 12.6. The summed E-state index contributed by atoms with van der Waals surface area (Å²) in [5, 5.41) is 11.5. The highest BCUT2D eigenvalue weighted by Crippen LogP contribution is 2.34. The van der Waals surface area contributed by atoms with Crippen LogP contribution in [-0.4, -0.2) is 26.0 Å². The van der Waals surface area contributed by atoms with Crippen molar-refractivity contribution in [2.45, 2.75) is 53.3 Å². The van der Waals surface area contributed by atoms with Gasteiger partial charge in [-0.2, -0.15) is 0 Å². The number of rotatable bonds is 6. The molecule has 0 bridgehead atoms. The molecule has 0 spiro atoms. The number of anilines is 1. The zero-order chi connectivity index (χ0) is 21.0. The lowest BCUT2D eigenvalue weighted by Crippen LogP contribution is -2.26. The highest BCUT2D eigenvalue weighted by atomic mass is 32.2. The molecule has 8 heteroatoms. The van der Waals surface area contributed by atoms with Crippen molar-refractivity contribution in [1.29, 1.82) is 0 Å². The van der Waals surface area contributed by atoms with Gasteiger partial charge in [-0.3, -0.25) is 4.79 Å². The zero-order valence-corrected chi connectivity index (χ0v) is 18.6. The minimum atomic E-state index is -0.385. The van der Waals surface area contributed by atoms with Crippen LogP contribution in [0.3, 0.4) is 0 Å². The number of carbonyl (C=O) groups is 1. The fraction of sp³-hybridized carbons (Fsp3) is 0.286. The van der Waals surface area contributed by atoms with Crippen molar-refractivity contribution >= 4 is 35.1 Å².